The van der Waals surface area contributed by atoms with E-state index in [1.807, 2.05) is 32.3 Å². The van der Waals surface area contributed by atoms with E-state index in [0.29, 0.717) is 17.7 Å². The van der Waals surface area contributed by atoms with Gasteiger partial charge in [-0.05, 0) is 108 Å². The largest absolute Gasteiger partial charge is 0.508 e. The van der Waals surface area contributed by atoms with Crippen LogP contribution in [0.1, 0.15) is 52.0 Å². The Balaban J connectivity index is 0.000000409. The molecule has 3 fully saturated rings. The van der Waals surface area contributed by atoms with Gasteiger partial charge in [-0.1, -0.05) is 50.8 Å². The summed E-state index contributed by atoms with van der Waals surface area (Å²) in [5.41, 5.74) is 5.52. The van der Waals surface area contributed by atoms with Crippen LogP contribution in [-0.2, 0) is 6.54 Å². The molecule has 6 nitrogen and oxygen atoms in total. The summed E-state index contributed by atoms with van der Waals surface area (Å²) < 4.78 is 2.82. The summed E-state index contributed by atoms with van der Waals surface area (Å²) in [6.45, 7) is 17.5. The minimum Gasteiger partial charge on any atom is -0.508 e. The molecular weight excluding hydrogens is 549 g/mol. The van der Waals surface area contributed by atoms with E-state index in [9.17, 15) is 0 Å². The number of piperidine rings is 2. The van der Waals surface area contributed by atoms with Gasteiger partial charge in [-0.15, -0.1) is 0 Å². The summed E-state index contributed by atoms with van der Waals surface area (Å²) in [5, 5.41) is 12.2. The molecule has 0 amide bonds. The van der Waals surface area contributed by atoms with E-state index in [2.05, 4.69) is 74.7 Å². The zero-order valence-electron chi connectivity index (χ0n) is 26.5. The molecule has 3 saturated heterocycles. The molecule has 4 heterocycles. The monoisotopic (exact) mass is 601 g/mol. The molecule has 2 aromatic carbocycles. The standard InChI is InChI=1S/C28H40N5P.C6H6O.C2H6/c1-3-30-27-6-4-5-7-28(27)33(34-20-21-34)26-12-18-32(19-13-26)23(2)25-10-16-31(17-11-25)22-24-8-14-29-15-9-24;7-6-4-2-1-3-5-6;1-2/h4-9,14-15,25-26,30H,2-3,10-13,16-22H2,1H3;1-5,7H;1-2H3. The van der Waals surface area contributed by atoms with Gasteiger partial charge in [0.25, 0.3) is 0 Å². The Bertz CT molecular complexity index is 1210. The van der Waals surface area contributed by atoms with Gasteiger partial charge in [-0.25, -0.2) is 0 Å². The number of hydrogen-bond donors (Lipinski definition) is 2. The molecule has 0 atom stereocenters. The fourth-order valence-corrected chi connectivity index (χ4v) is 8.07. The maximum Gasteiger partial charge on any atom is 0.115 e. The normalized spacial score (nSPS) is 17.6. The summed E-state index contributed by atoms with van der Waals surface area (Å²) in [6.07, 6.45) is 11.6. The van der Waals surface area contributed by atoms with Crippen molar-refractivity contribution in [3.63, 3.8) is 0 Å². The smallest absolute Gasteiger partial charge is 0.115 e. The van der Waals surface area contributed by atoms with Crippen molar-refractivity contribution in [2.24, 2.45) is 5.92 Å². The van der Waals surface area contributed by atoms with E-state index in [1.165, 1.54) is 73.7 Å². The summed E-state index contributed by atoms with van der Waals surface area (Å²) in [5.74, 6) is 0.964. The van der Waals surface area contributed by atoms with Crippen LogP contribution in [0.4, 0.5) is 11.4 Å². The molecule has 6 rings (SSSR count). The molecule has 3 aliphatic rings. The molecule has 2 N–H and O–H groups in total. The quantitative estimate of drug-likeness (QED) is 0.242. The number of phenolic OH excluding ortho intramolecular Hbond substituents is 1. The van der Waals surface area contributed by atoms with Crippen LogP contribution < -0.4 is 9.99 Å². The van der Waals surface area contributed by atoms with Crippen molar-refractivity contribution in [3.05, 3.63) is 97.0 Å². The molecule has 3 aliphatic heterocycles. The highest BCUT2D eigenvalue weighted by Gasteiger charge is 2.37. The van der Waals surface area contributed by atoms with Crippen molar-refractivity contribution in [3.8, 4) is 5.75 Å². The molecule has 0 saturated carbocycles. The van der Waals surface area contributed by atoms with Crippen molar-refractivity contribution in [2.75, 3.05) is 55.0 Å². The predicted molar refractivity (Wildman–Crippen MR) is 185 cm³/mol. The number of phenols is 1. The third kappa shape index (κ3) is 9.71. The average molecular weight is 602 g/mol. The van der Waals surface area contributed by atoms with Gasteiger partial charge in [0.15, 0.2) is 0 Å². The predicted octanol–water partition coefficient (Wildman–Crippen LogP) is 8.04. The van der Waals surface area contributed by atoms with Gasteiger partial charge < -0.3 is 20.0 Å². The summed E-state index contributed by atoms with van der Waals surface area (Å²) >= 11 is 0. The first-order valence-corrected chi connectivity index (χ1v) is 17.9. The van der Waals surface area contributed by atoms with Crippen LogP contribution >= 0.6 is 8.07 Å². The van der Waals surface area contributed by atoms with Crippen LogP contribution in [0.5, 0.6) is 5.75 Å². The third-order valence-electron chi connectivity index (χ3n) is 8.43. The highest BCUT2D eigenvalue weighted by atomic mass is 31.1. The summed E-state index contributed by atoms with van der Waals surface area (Å²) in [6, 6.07) is 22.6. The highest BCUT2D eigenvalue weighted by Crippen LogP contribution is 2.59. The summed E-state index contributed by atoms with van der Waals surface area (Å²) in [7, 11) is 0.0349. The zero-order valence-corrected chi connectivity index (χ0v) is 27.4. The minimum absolute atomic E-state index is 0.0349. The number of likely N-dealkylation sites (tertiary alicyclic amines) is 2. The van der Waals surface area contributed by atoms with Crippen LogP contribution in [0.25, 0.3) is 0 Å². The molecule has 3 aromatic rings. The van der Waals surface area contributed by atoms with E-state index >= 15 is 0 Å². The molecule has 0 bridgehead atoms. The van der Waals surface area contributed by atoms with Crippen molar-refractivity contribution in [2.45, 2.75) is 59.0 Å². The number of anilines is 2. The number of hydrogen-bond acceptors (Lipinski definition) is 6. The van der Waals surface area contributed by atoms with Crippen molar-refractivity contribution in [1.82, 2.24) is 14.8 Å². The minimum atomic E-state index is 0.0349. The van der Waals surface area contributed by atoms with E-state index in [0.717, 1.165) is 26.2 Å². The molecule has 0 radical (unpaired) electrons. The first-order chi connectivity index (χ1) is 21.1. The van der Waals surface area contributed by atoms with Crippen LogP contribution in [0.15, 0.2) is 91.4 Å². The molecule has 0 aliphatic carbocycles. The number of aromatic nitrogens is 1. The second-order valence-electron chi connectivity index (χ2n) is 11.3. The Labute approximate surface area is 261 Å². The number of allylic oxidation sites excluding steroid dienone is 1. The van der Waals surface area contributed by atoms with E-state index < -0.39 is 0 Å². The number of rotatable bonds is 9. The van der Waals surface area contributed by atoms with Gasteiger partial charge in [0.2, 0.25) is 0 Å². The van der Waals surface area contributed by atoms with Gasteiger partial charge in [-0.2, -0.15) is 0 Å². The Morgan fingerprint density at radius 3 is 2.12 bits per heavy atom. The molecule has 1 aromatic heterocycles. The van der Waals surface area contributed by atoms with Gasteiger partial charge in [0.1, 0.15) is 5.75 Å². The number of pyridine rings is 1. The SMILES string of the molecule is C=C(C1CCN(Cc2ccncc2)CC1)N1CCC(N(c2ccccc2NCC)P2CC2)CC1.CC.Oc1ccccc1. The van der Waals surface area contributed by atoms with Gasteiger partial charge in [-0.3, -0.25) is 9.88 Å². The topological polar surface area (TPSA) is 54.9 Å². The number of nitrogens with zero attached hydrogens (tertiary/aromatic N) is 4. The lowest BCUT2D eigenvalue weighted by Crippen LogP contribution is -2.44. The van der Waals surface area contributed by atoms with E-state index in [1.54, 1.807) is 24.3 Å². The van der Waals surface area contributed by atoms with Crippen LogP contribution in [0, 0.1) is 5.92 Å². The molecule has 0 unspecified atom stereocenters. The second kappa shape index (κ2) is 17.3. The first kappa shape index (κ1) is 32.8. The molecule has 0 spiro atoms. The van der Waals surface area contributed by atoms with Crippen molar-refractivity contribution >= 4 is 19.4 Å². The van der Waals surface area contributed by atoms with Crippen molar-refractivity contribution < 1.29 is 5.11 Å². The highest BCUT2D eigenvalue weighted by molar-refractivity contribution is 7.66. The number of nitrogens with one attached hydrogen (secondary N) is 1. The Hall–Kier alpha value is -3.08. The maximum absolute atomic E-state index is 8.63. The third-order valence-corrected chi connectivity index (χ3v) is 10.4. The number of para-hydroxylation sites is 3. The Morgan fingerprint density at radius 2 is 1.53 bits per heavy atom. The Kier molecular flexibility index (Phi) is 13.2. The fourth-order valence-electron chi connectivity index (χ4n) is 6.11. The van der Waals surface area contributed by atoms with Crippen LogP contribution in [-0.4, -0.2) is 71.0 Å². The first-order valence-electron chi connectivity index (χ1n) is 16.3. The second-order valence-corrected chi connectivity index (χ2v) is 13.6. The molecule has 232 valence electrons. The summed E-state index contributed by atoms with van der Waals surface area (Å²) in [4.78, 5) is 9.35. The van der Waals surface area contributed by atoms with Crippen LogP contribution in [0.3, 0.4) is 0 Å². The molecule has 43 heavy (non-hydrogen) atoms. The van der Waals surface area contributed by atoms with Gasteiger partial charge in [0.05, 0.1) is 11.4 Å². The van der Waals surface area contributed by atoms with Gasteiger partial charge in [0, 0.05) is 56.2 Å². The van der Waals surface area contributed by atoms with E-state index in [4.69, 9.17) is 5.11 Å². The zero-order chi connectivity index (χ0) is 30.4. The molecule has 7 heteroatoms. The number of benzene rings is 2. The lowest BCUT2D eigenvalue weighted by Gasteiger charge is -2.44. The fraction of sp³-hybridized carbons (Fsp3) is 0.472. The lowest BCUT2D eigenvalue weighted by molar-refractivity contribution is 0.161. The lowest BCUT2D eigenvalue weighted by atomic mass is 9.91. The maximum atomic E-state index is 8.63. The number of aromatic hydroxyl groups is 1. The van der Waals surface area contributed by atoms with E-state index in [-0.39, 0.29) is 8.07 Å². The van der Waals surface area contributed by atoms with Crippen LogP contribution in [0.2, 0.25) is 0 Å². The van der Waals surface area contributed by atoms with Gasteiger partial charge >= 0.3 is 0 Å². The average Bonchev–Trinajstić information content (AvgIpc) is 3.90. The van der Waals surface area contributed by atoms with Crippen molar-refractivity contribution in [1.29, 1.82) is 0 Å². The Morgan fingerprint density at radius 1 is 0.907 bits per heavy atom. The molecular formula is C36H52N5OP.